The number of rotatable bonds is 5. The van der Waals surface area contributed by atoms with E-state index in [0.29, 0.717) is 27.0 Å². The Bertz CT molecular complexity index is 1340. The Labute approximate surface area is 203 Å². The Morgan fingerprint density at radius 1 is 1.16 bits per heavy atom. The number of fused-ring (bicyclic) bond motifs is 1. The quantitative estimate of drug-likeness (QED) is 0.265. The molecule has 1 aliphatic heterocycles. The van der Waals surface area contributed by atoms with Crippen molar-refractivity contribution in [3.05, 3.63) is 74.9 Å². The van der Waals surface area contributed by atoms with Gasteiger partial charge in [0.05, 0.1) is 26.9 Å². The number of sulfone groups is 1. The number of carbonyl (C=O) groups is 1. The Morgan fingerprint density at radius 3 is 2.62 bits per heavy atom. The van der Waals surface area contributed by atoms with Crippen molar-refractivity contribution in [2.75, 3.05) is 11.6 Å². The van der Waals surface area contributed by atoms with Crippen molar-refractivity contribution in [1.82, 2.24) is 9.97 Å². The summed E-state index contributed by atoms with van der Waals surface area (Å²) in [6, 6.07) is 11.2. The third-order valence-corrected chi connectivity index (χ3v) is 8.52. The highest BCUT2D eigenvalue weighted by atomic mass is 35.5. The molecule has 0 atom stereocenters. The number of carbonyl (C=O) groups excluding carboxylic acids is 1. The van der Waals surface area contributed by atoms with Crippen LogP contribution >= 0.6 is 46.7 Å². The number of halogens is 2. The zero-order valence-electron chi connectivity index (χ0n) is 16.5. The van der Waals surface area contributed by atoms with Gasteiger partial charge in [0.25, 0.3) is 5.91 Å². The van der Waals surface area contributed by atoms with E-state index in [1.54, 1.807) is 42.6 Å². The van der Waals surface area contributed by atoms with Gasteiger partial charge >= 0.3 is 0 Å². The molecule has 0 unspecified atom stereocenters. The molecule has 164 valence electrons. The van der Waals surface area contributed by atoms with Gasteiger partial charge in [-0.1, -0.05) is 52.8 Å². The van der Waals surface area contributed by atoms with E-state index in [9.17, 15) is 13.2 Å². The molecule has 0 bridgehead atoms. The molecule has 6 nitrogen and oxygen atoms in total. The number of nitrogens with zero attached hydrogens (tertiary/aromatic N) is 2. The maximum absolute atomic E-state index is 13.0. The van der Waals surface area contributed by atoms with Crippen LogP contribution in [-0.2, 0) is 20.4 Å². The van der Waals surface area contributed by atoms with Gasteiger partial charge in [-0.3, -0.25) is 4.79 Å². The second-order valence-electron chi connectivity index (χ2n) is 6.65. The van der Waals surface area contributed by atoms with E-state index in [0.717, 1.165) is 4.90 Å². The highest BCUT2D eigenvalue weighted by molar-refractivity contribution is 8.04. The van der Waals surface area contributed by atoms with Crippen LogP contribution in [0.5, 0.6) is 0 Å². The minimum Gasteiger partial charge on any atom is -0.320 e. The van der Waals surface area contributed by atoms with Crippen LogP contribution < -0.4 is 5.32 Å². The van der Waals surface area contributed by atoms with E-state index in [1.807, 2.05) is 6.26 Å². The van der Waals surface area contributed by atoms with Crippen molar-refractivity contribution in [1.29, 1.82) is 0 Å². The average molecular weight is 524 g/mol. The van der Waals surface area contributed by atoms with Crippen molar-refractivity contribution in [3.8, 4) is 0 Å². The standard InChI is InChI=1S/C21H15Cl2N3O3S3/c1-30-21-24-8-7-12(25-21)9-19-20(27)26-17-10-13(5-6-18(17)31-19)32(28,29)11-14-15(22)3-2-4-16(14)23/h2-10H,11H2,1H3,(H,26,27)/b19-9+. The summed E-state index contributed by atoms with van der Waals surface area (Å²) in [6.07, 6.45) is 5.18. The zero-order valence-corrected chi connectivity index (χ0v) is 20.5. The smallest absolute Gasteiger partial charge is 0.262 e. The molecule has 2 aromatic carbocycles. The molecule has 1 N–H and O–H groups in total. The number of hydrogen-bond acceptors (Lipinski definition) is 7. The van der Waals surface area contributed by atoms with Crippen LogP contribution in [0.15, 0.2) is 68.5 Å². The number of benzene rings is 2. The maximum atomic E-state index is 13.0. The fourth-order valence-electron chi connectivity index (χ4n) is 2.94. The average Bonchev–Trinajstić information content (AvgIpc) is 2.77. The minimum atomic E-state index is -3.74. The first kappa shape index (κ1) is 23.1. The van der Waals surface area contributed by atoms with Gasteiger partial charge in [-0.05, 0) is 48.7 Å². The molecule has 0 saturated carbocycles. The van der Waals surface area contributed by atoms with Crippen molar-refractivity contribution in [2.24, 2.45) is 0 Å². The van der Waals surface area contributed by atoms with Crippen molar-refractivity contribution < 1.29 is 13.2 Å². The molecule has 0 radical (unpaired) electrons. The van der Waals surface area contributed by atoms with E-state index in [1.165, 1.54) is 35.7 Å². The highest BCUT2D eigenvalue weighted by Crippen LogP contribution is 2.40. The van der Waals surface area contributed by atoms with Crippen LogP contribution in [0.4, 0.5) is 5.69 Å². The first-order chi connectivity index (χ1) is 15.3. The summed E-state index contributed by atoms with van der Waals surface area (Å²) >= 11 is 14.9. The molecule has 0 saturated heterocycles. The van der Waals surface area contributed by atoms with Crippen molar-refractivity contribution >= 4 is 74.2 Å². The molecule has 1 aliphatic rings. The van der Waals surface area contributed by atoms with Gasteiger partial charge in [0.1, 0.15) is 0 Å². The fourth-order valence-corrected chi connectivity index (χ4v) is 6.34. The first-order valence-corrected chi connectivity index (χ1v) is 13.6. The fraction of sp³-hybridized carbons (Fsp3) is 0.0952. The van der Waals surface area contributed by atoms with Gasteiger partial charge in [-0.25, -0.2) is 18.4 Å². The largest absolute Gasteiger partial charge is 0.320 e. The van der Waals surface area contributed by atoms with Gasteiger partial charge < -0.3 is 5.32 Å². The molecule has 4 rings (SSSR count). The minimum absolute atomic E-state index is 0.0704. The second-order valence-corrected chi connectivity index (χ2v) is 11.3. The lowest BCUT2D eigenvalue weighted by Crippen LogP contribution is -2.18. The van der Waals surface area contributed by atoms with Crippen LogP contribution in [0.25, 0.3) is 6.08 Å². The highest BCUT2D eigenvalue weighted by Gasteiger charge is 2.25. The molecule has 0 fully saturated rings. The molecule has 11 heteroatoms. The maximum Gasteiger partial charge on any atom is 0.262 e. The number of nitrogens with one attached hydrogen (secondary N) is 1. The predicted octanol–water partition coefficient (Wildman–Crippen LogP) is 5.56. The Morgan fingerprint density at radius 2 is 1.91 bits per heavy atom. The zero-order chi connectivity index (χ0) is 22.9. The summed E-state index contributed by atoms with van der Waals surface area (Å²) in [6.45, 7) is 0. The molecule has 3 aromatic rings. The number of aromatic nitrogens is 2. The van der Waals surface area contributed by atoms with Gasteiger partial charge in [0.15, 0.2) is 15.0 Å². The summed E-state index contributed by atoms with van der Waals surface area (Å²) in [7, 11) is -3.74. The van der Waals surface area contributed by atoms with Crippen molar-refractivity contribution in [2.45, 2.75) is 20.7 Å². The van der Waals surface area contributed by atoms with Crippen molar-refractivity contribution in [3.63, 3.8) is 0 Å². The number of amides is 1. The van der Waals surface area contributed by atoms with E-state index in [4.69, 9.17) is 23.2 Å². The predicted molar refractivity (Wildman–Crippen MR) is 130 cm³/mol. The normalized spacial score (nSPS) is 14.8. The van der Waals surface area contributed by atoms with E-state index in [-0.39, 0.29) is 26.6 Å². The molecule has 0 aliphatic carbocycles. The lowest BCUT2D eigenvalue weighted by Gasteiger charge is -2.19. The second kappa shape index (κ2) is 9.44. The lowest BCUT2D eigenvalue weighted by molar-refractivity contribution is -0.112. The summed E-state index contributed by atoms with van der Waals surface area (Å²) in [5.41, 5.74) is 1.38. The molecule has 2 heterocycles. The number of anilines is 1. The number of hydrogen-bond donors (Lipinski definition) is 1. The molecular weight excluding hydrogens is 509 g/mol. The third kappa shape index (κ3) is 4.97. The summed E-state index contributed by atoms with van der Waals surface area (Å²) < 4.78 is 25.9. The first-order valence-electron chi connectivity index (χ1n) is 9.14. The van der Waals surface area contributed by atoms with Gasteiger partial charge in [-0.15, -0.1) is 0 Å². The number of thioether (sulfide) groups is 2. The molecule has 1 aromatic heterocycles. The monoisotopic (exact) mass is 523 g/mol. The van der Waals surface area contributed by atoms with Crippen LogP contribution in [0.1, 0.15) is 11.3 Å². The van der Waals surface area contributed by atoms with Gasteiger partial charge in [0.2, 0.25) is 0 Å². The molecular formula is C21H15Cl2N3O3S3. The van der Waals surface area contributed by atoms with Crippen LogP contribution in [-0.4, -0.2) is 30.5 Å². The molecule has 0 spiro atoms. The van der Waals surface area contributed by atoms with E-state index in [2.05, 4.69) is 15.3 Å². The van der Waals surface area contributed by atoms with Crippen LogP contribution in [0.2, 0.25) is 10.0 Å². The molecule has 1 amide bonds. The summed E-state index contributed by atoms with van der Waals surface area (Å²) in [5.74, 6) is -0.683. The Kier molecular flexibility index (Phi) is 6.83. The van der Waals surface area contributed by atoms with Crippen LogP contribution in [0, 0.1) is 0 Å². The summed E-state index contributed by atoms with van der Waals surface area (Å²) in [4.78, 5) is 22.3. The van der Waals surface area contributed by atoms with Gasteiger partial charge in [-0.2, -0.15) is 0 Å². The molecule has 32 heavy (non-hydrogen) atoms. The third-order valence-electron chi connectivity index (χ3n) is 4.51. The summed E-state index contributed by atoms with van der Waals surface area (Å²) in [5, 5.41) is 3.94. The Balaban J connectivity index is 1.62. The lowest BCUT2D eigenvalue weighted by atomic mass is 10.2. The van der Waals surface area contributed by atoms with E-state index >= 15 is 0 Å². The van der Waals surface area contributed by atoms with Gasteiger partial charge in [0, 0.05) is 26.7 Å². The topological polar surface area (TPSA) is 89.0 Å². The van der Waals surface area contributed by atoms with Crippen LogP contribution in [0.3, 0.4) is 0 Å². The Hall–Kier alpha value is -2.04. The van der Waals surface area contributed by atoms with E-state index < -0.39 is 9.84 Å². The SMILES string of the molecule is CSc1nccc(/C=C2/Sc3ccc(S(=O)(=O)Cc4c(Cl)cccc4Cl)cc3NC2=O)n1.